The molecule has 3 aromatic heterocycles. The Morgan fingerprint density at radius 3 is 2.81 bits per heavy atom. The zero-order valence-electron chi connectivity index (χ0n) is 15.1. The molecule has 0 saturated carbocycles. The Balaban J connectivity index is 1.62. The van der Waals surface area contributed by atoms with Crippen LogP contribution < -0.4 is 5.32 Å². The van der Waals surface area contributed by atoms with Gasteiger partial charge in [-0.3, -0.25) is 15.1 Å². The number of rotatable bonds is 5. The van der Waals surface area contributed by atoms with Crippen molar-refractivity contribution in [1.29, 1.82) is 0 Å². The summed E-state index contributed by atoms with van der Waals surface area (Å²) >= 11 is 0. The largest absolute Gasteiger partial charge is 0.321 e. The van der Waals surface area contributed by atoms with Crippen molar-refractivity contribution < 1.29 is 4.79 Å². The Morgan fingerprint density at radius 2 is 2.04 bits per heavy atom. The summed E-state index contributed by atoms with van der Waals surface area (Å²) < 4.78 is 1.48. The number of H-pyrrole nitrogens is 1. The van der Waals surface area contributed by atoms with Gasteiger partial charge in [0.1, 0.15) is 6.33 Å². The molecule has 0 aliphatic heterocycles. The maximum atomic E-state index is 12.3. The second kappa shape index (κ2) is 6.99. The average molecular weight is 361 g/mol. The first kappa shape index (κ1) is 16.9. The summed E-state index contributed by atoms with van der Waals surface area (Å²) in [4.78, 5) is 28.8. The van der Waals surface area contributed by atoms with E-state index in [1.165, 1.54) is 11.0 Å². The van der Waals surface area contributed by atoms with E-state index in [9.17, 15) is 4.79 Å². The minimum Gasteiger partial charge on any atom is -0.321 e. The lowest BCUT2D eigenvalue weighted by molar-refractivity contribution is -0.115. The summed E-state index contributed by atoms with van der Waals surface area (Å²) in [6, 6.07) is 9.54. The van der Waals surface area contributed by atoms with Crippen molar-refractivity contribution in [3.63, 3.8) is 0 Å². The average Bonchev–Trinajstić information content (AvgIpc) is 3.29. The standard InChI is InChI=1S/C19H19N7O/c1-3-14-12(2)20-10-15-17(14)25-19(23-15)26-18(21-11-22-26)24-16(27)9-13-7-5-4-6-8-13/h4-8,10-11H,3,9H2,1-2H3,(H,23,25)(H,21,22,24,27). The van der Waals surface area contributed by atoms with Gasteiger partial charge in [-0.05, 0) is 18.9 Å². The molecule has 3 heterocycles. The minimum atomic E-state index is -0.168. The van der Waals surface area contributed by atoms with E-state index < -0.39 is 0 Å². The maximum Gasteiger partial charge on any atom is 0.235 e. The van der Waals surface area contributed by atoms with Crippen molar-refractivity contribution >= 4 is 22.9 Å². The van der Waals surface area contributed by atoms with Crippen molar-refractivity contribution in [2.24, 2.45) is 0 Å². The highest BCUT2D eigenvalue weighted by atomic mass is 16.1. The van der Waals surface area contributed by atoms with E-state index >= 15 is 0 Å². The molecule has 0 aliphatic carbocycles. The molecule has 0 atom stereocenters. The molecule has 1 amide bonds. The van der Waals surface area contributed by atoms with E-state index in [-0.39, 0.29) is 12.3 Å². The van der Waals surface area contributed by atoms with Crippen LogP contribution in [-0.4, -0.2) is 35.6 Å². The number of benzene rings is 1. The van der Waals surface area contributed by atoms with E-state index in [1.807, 2.05) is 37.3 Å². The number of pyridine rings is 1. The third-order valence-electron chi connectivity index (χ3n) is 4.39. The first-order valence-corrected chi connectivity index (χ1v) is 8.74. The van der Waals surface area contributed by atoms with Gasteiger partial charge in [-0.15, -0.1) is 0 Å². The van der Waals surface area contributed by atoms with Gasteiger partial charge in [0, 0.05) is 11.3 Å². The number of aryl methyl sites for hydroxylation is 2. The topological polar surface area (TPSA) is 101 Å². The molecule has 0 saturated heterocycles. The molecule has 0 bridgehead atoms. The van der Waals surface area contributed by atoms with Crippen LogP contribution in [0.2, 0.25) is 0 Å². The normalized spacial score (nSPS) is 11.0. The van der Waals surface area contributed by atoms with Gasteiger partial charge in [-0.1, -0.05) is 37.3 Å². The molecule has 8 nitrogen and oxygen atoms in total. The lowest BCUT2D eigenvalue weighted by atomic mass is 10.1. The molecule has 27 heavy (non-hydrogen) atoms. The van der Waals surface area contributed by atoms with Crippen molar-refractivity contribution in [3.8, 4) is 5.95 Å². The van der Waals surface area contributed by atoms with E-state index in [2.05, 4.69) is 37.3 Å². The molecule has 4 rings (SSSR count). The highest BCUT2D eigenvalue weighted by Gasteiger charge is 2.16. The van der Waals surface area contributed by atoms with E-state index in [0.29, 0.717) is 11.9 Å². The van der Waals surface area contributed by atoms with Crippen LogP contribution in [0.5, 0.6) is 0 Å². The SMILES string of the molecule is CCc1c(C)ncc2[nH]c(-n3ncnc3NC(=O)Cc3ccccc3)nc12. The first-order chi connectivity index (χ1) is 13.2. The Hall–Kier alpha value is -3.55. The monoisotopic (exact) mass is 361 g/mol. The van der Waals surface area contributed by atoms with Crippen LogP contribution in [0.4, 0.5) is 5.95 Å². The number of aromatic nitrogens is 6. The fourth-order valence-corrected chi connectivity index (χ4v) is 3.06. The van der Waals surface area contributed by atoms with Crippen LogP contribution in [0.25, 0.3) is 17.0 Å². The molecule has 8 heteroatoms. The smallest absolute Gasteiger partial charge is 0.235 e. The molecule has 0 aliphatic rings. The molecule has 0 unspecified atom stereocenters. The zero-order valence-corrected chi connectivity index (χ0v) is 15.1. The summed E-state index contributed by atoms with van der Waals surface area (Å²) in [6.07, 6.45) is 4.23. The Bertz CT molecular complexity index is 1100. The van der Waals surface area contributed by atoms with Crippen LogP contribution in [0.15, 0.2) is 42.9 Å². The maximum absolute atomic E-state index is 12.3. The fraction of sp³-hybridized carbons (Fsp3) is 0.211. The molecule has 0 radical (unpaired) electrons. The number of carbonyl (C=O) groups excluding carboxylic acids is 1. The Labute approximate surface area is 155 Å². The van der Waals surface area contributed by atoms with Crippen LogP contribution in [0, 0.1) is 6.92 Å². The van der Waals surface area contributed by atoms with Gasteiger partial charge in [0.15, 0.2) is 0 Å². The molecule has 0 spiro atoms. The lowest BCUT2D eigenvalue weighted by Crippen LogP contribution is -2.18. The number of imidazole rings is 1. The van der Waals surface area contributed by atoms with Gasteiger partial charge >= 0.3 is 0 Å². The minimum absolute atomic E-state index is 0.168. The highest BCUT2D eigenvalue weighted by molar-refractivity contribution is 5.91. The van der Waals surface area contributed by atoms with Gasteiger partial charge < -0.3 is 4.98 Å². The molecule has 0 fully saturated rings. The first-order valence-electron chi connectivity index (χ1n) is 8.74. The van der Waals surface area contributed by atoms with Crippen molar-refractivity contribution in [2.75, 3.05) is 5.32 Å². The second-order valence-corrected chi connectivity index (χ2v) is 6.20. The van der Waals surface area contributed by atoms with Crippen molar-refractivity contribution in [1.82, 2.24) is 29.7 Å². The van der Waals surface area contributed by atoms with Gasteiger partial charge in [0.2, 0.25) is 17.8 Å². The molecular weight excluding hydrogens is 342 g/mol. The predicted octanol–water partition coefficient (Wildman–Crippen LogP) is 2.59. The number of aromatic amines is 1. The van der Waals surface area contributed by atoms with Gasteiger partial charge in [-0.25, -0.2) is 4.98 Å². The number of fused-ring (bicyclic) bond motifs is 1. The Kier molecular flexibility index (Phi) is 4.37. The Morgan fingerprint density at radius 1 is 1.22 bits per heavy atom. The molecule has 2 N–H and O–H groups in total. The lowest BCUT2D eigenvalue weighted by Gasteiger charge is -2.05. The molecule has 1 aromatic carbocycles. The van der Waals surface area contributed by atoms with Crippen LogP contribution >= 0.6 is 0 Å². The van der Waals surface area contributed by atoms with E-state index in [1.54, 1.807) is 6.20 Å². The summed E-state index contributed by atoms with van der Waals surface area (Å²) in [7, 11) is 0. The number of nitrogens with zero attached hydrogens (tertiary/aromatic N) is 5. The van der Waals surface area contributed by atoms with Crippen LogP contribution in [0.1, 0.15) is 23.7 Å². The fourth-order valence-electron chi connectivity index (χ4n) is 3.06. The van der Waals surface area contributed by atoms with Crippen LogP contribution in [0.3, 0.4) is 0 Å². The molecule has 136 valence electrons. The number of hydrogen-bond donors (Lipinski definition) is 2. The highest BCUT2D eigenvalue weighted by Crippen LogP contribution is 2.21. The summed E-state index contributed by atoms with van der Waals surface area (Å²) in [5.74, 6) is 0.635. The van der Waals surface area contributed by atoms with Gasteiger partial charge in [-0.2, -0.15) is 14.8 Å². The molecule has 4 aromatic rings. The number of hydrogen-bond acceptors (Lipinski definition) is 5. The summed E-state index contributed by atoms with van der Waals surface area (Å²) in [5, 5.41) is 6.99. The third-order valence-corrected chi connectivity index (χ3v) is 4.39. The van der Waals surface area contributed by atoms with Crippen LogP contribution in [-0.2, 0) is 17.6 Å². The predicted molar refractivity (Wildman–Crippen MR) is 102 cm³/mol. The van der Waals surface area contributed by atoms with Crippen molar-refractivity contribution in [3.05, 3.63) is 59.7 Å². The number of anilines is 1. The number of amides is 1. The van der Waals surface area contributed by atoms with Crippen molar-refractivity contribution in [2.45, 2.75) is 26.7 Å². The number of nitrogens with one attached hydrogen (secondary N) is 2. The zero-order chi connectivity index (χ0) is 18.8. The van der Waals surface area contributed by atoms with Gasteiger partial charge in [0.05, 0.1) is 23.7 Å². The van der Waals surface area contributed by atoms with Gasteiger partial charge in [0.25, 0.3) is 0 Å². The van der Waals surface area contributed by atoms with E-state index in [0.717, 1.165) is 34.3 Å². The second-order valence-electron chi connectivity index (χ2n) is 6.20. The summed E-state index contributed by atoms with van der Waals surface area (Å²) in [5.41, 5.74) is 4.66. The summed E-state index contributed by atoms with van der Waals surface area (Å²) in [6.45, 7) is 4.04. The molecular formula is C19H19N7O. The third kappa shape index (κ3) is 3.29. The van der Waals surface area contributed by atoms with E-state index in [4.69, 9.17) is 0 Å². The quantitative estimate of drug-likeness (QED) is 0.569. The number of carbonyl (C=O) groups is 1.